The van der Waals surface area contributed by atoms with Gasteiger partial charge >= 0.3 is 0 Å². The minimum Gasteiger partial charge on any atom is -0.368 e. The molecule has 5 heteroatoms. The first-order valence-electron chi connectivity index (χ1n) is 10.2. The summed E-state index contributed by atoms with van der Waals surface area (Å²) in [6.45, 7) is 13.7. The zero-order valence-corrected chi connectivity index (χ0v) is 17.7. The molecule has 3 aromatic rings. The smallest absolute Gasteiger partial charge is 0.161 e. The zero-order chi connectivity index (χ0) is 19.8. The monoisotopic (exact) mass is 377 g/mol. The highest BCUT2D eigenvalue weighted by atomic mass is 15.2. The summed E-state index contributed by atoms with van der Waals surface area (Å²) in [4.78, 5) is 9.72. The van der Waals surface area contributed by atoms with Gasteiger partial charge in [0.2, 0.25) is 0 Å². The first kappa shape index (κ1) is 18.8. The quantitative estimate of drug-likeness (QED) is 0.753. The predicted molar refractivity (Wildman–Crippen MR) is 118 cm³/mol. The van der Waals surface area contributed by atoms with Crippen molar-refractivity contribution in [2.45, 2.75) is 34.2 Å². The first-order chi connectivity index (χ1) is 13.5. The molecular formula is C23H31N5. The molecule has 148 valence electrons. The van der Waals surface area contributed by atoms with Gasteiger partial charge in [-0.2, -0.15) is 0 Å². The van der Waals surface area contributed by atoms with Crippen molar-refractivity contribution in [2.75, 3.05) is 43.0 Å². The van der Waals surface area contributed by atoms with E-state index in [1.54, 1.807) is 0 Å². The molecule has 1 aliphatic rings. The van der Waals surface area contributed by atoms with E-state index >= 15 is 0 Å². The lowest BCUT2D eigenvalue weighted by Gasteiger charge is -2.31. The van der Waals surface area contributed by atoms with Gasteiger partial charge in [0.1, 0.15) is 0 Å². The number of aromatic nitrogens is 2. The van der Waals surface area contributed by atoms with Crippen molar-refractivity contribution in [2.24, 2.45) is 0 Å². The molecule has 1 saturated heterocycles. The molecule has 1 aliphatic heterocycles. The van der Waals surface area contributed by atoms with E-state index in [1.165, 1.54) is 33.8 Å². The third-order valence-electron chi connectivity index (χ3n) is 6.09. The molecule has 0 amide bonds. The number of nitrogens with one attached hydrogen (secondary N) is 1. The summed E-state index contributed by atoms with van der Waals surface area (Å²) in [5, 5.41) is 3.45. The van der Waals surface area contributed by atoms with Gasteiger partial charge in [0, 0.05) is 51.7 Å². The number of hydrogen-bond donors (Lipinski definition) is 1. The van der Waals surface area contributed by atoms with Gasteiger partial charge in [0.25, 0.3) is 0 Å². The molecule has 0 atom stereocenters. The number of pyridine rings is 1. The standard InChI is InChI=1S/C23H31N5/c1-16-7-6-8-17(2)21(16)15-26(5)22-13-20(27-11-9-24-10-12-27)14-28-19(4)18(3)25-23(22)28/h6-8,13-14,24H,9-12,15H2,1-5H3. The fraction of sp³-hybridized carbons (Fsp3) is 0.435. The van der Waals surface area contributed by atoms with E-state index in [2.05, 4.69) is 84.7 Å². The Kier molecular flexibility index (Phi) is 5.02. The molecule has 0 bridgehead atoms. The lowest BCUT2D eigenvalue weighted by Crippen LogP contribution is -2.43. The van der Waals surface area contributed by atoms with Crippen molar-refractivity contribution in [3.63, 3.8) is 0 Å². The third-order valence-corrected chi connectivity index (χ3v) is 6.09. The van der Waals surface area contributed by atoms with Gasteiger partial charge in [-0.1, -0.05) is 18.2 Å². The summed E-state index contributed by atoms with van der Waals surface area (Å²) >= 11 is 0. The molecule has 3 heterocycles. The summed E-state index contributed by atoms with van der Waals surface area (Å²) in [5.74, 6) is 0. The number of imidazole rings is 1. The molecule has 0 spiro atoms. The zero-order valence-electron chi connectivity index (χ0n) is 17.7. The Bertz CT molecular complexity index is 978. The van der Waals surface area contributed by atoms with Gasteiger partial charge in [-0.05, 0) is 50.5 Å². The van der Waals surface area contributed by atoms with Crippen molar-refractivity contribution in [1.82, 2.24) is 14.7 Å². The Morgan fingerprint density at radius 3 is 2.43 bits per heavy atom. The molecule has 0 radical (unpaired) electrons. The summed E-state index contributed by atoms with van der Waals surface area (Å²) in [7, 11) is 2.18. The Labute approximate surface area is 168 Å². The van der Waals surface area contributed by atoms with Gasteiger partial charge < -0.3 is 19.5 Å². The molecule has 1 fully saturated rings. The van der Waals surface area contributed by atoms with Crippen LogP contribution >= 0.6 is 0 Å². The highest BCUT2D eigenvalue weighted by Gasteiger charge is 2.19. The molecule has 0 aliphatic carbocycles. The number of hydrogen-bond acceptors (Lipinski definition) is 4. The molecule has 2 aromatic heterocycles. The highest BCUT2D eigenvalue weighted by Crippen LogP contribution is 2.30. The van der Waals surface area contributed by atoms with Gasteiger partial charge in [-0.3, -0.25) is 0 Å². The number of fused-ring (bicyclic) bond motifs is 1. The number of anilines is 2. The van der Waals surface area contributed by atoms with E-state index in [1.807, 2.05) is 0 Å². The van der Waals surface area contributed by atoms with Crippen molar-refractivity contribution in [3.8, 4) is 0 Å². The lowest BCUT2D eigenvalue weighted by atomic mass is 10.0. The van der Waals surface area contributed by atoms with E-state index in [0.717, 1.165) is 44.1 Å². The van der Waals surface area contributed by atoms with Crippen molar-refractivity contribution < 1.29 is 0 Å². The fourth-order valence-corrected chi connectivity index (χ4v) is 4.14. The van der Waals surface area contributed by atoms with Gasteiger partial charge in [-0.15, -0.1) is 0 Å². The van der Waals surface area contributed by atoms with Gasteiger partial charge in [-0.25, -0.2) is 4.98 Å². The van der Waals surface area contributed by atoms with Crippen LogP contribution in [0.3, 0.4) is 0 Å². The molecule has 0 unspecified atom stereocenters. The summed E-state index contributed by atoms with van der Waals surface area (Å²) in [6, 6.07) is 8.86. The van der Waals surface area contributed by atoms with Crippen molar-refractivity contribution in [3.05, 3.63) is 58.5 Å². The minimum atomic E-state index is 0.879. The maximum Gasteiger partial charge on any atom is 0.161 e. The van der Waals surface area contributed by atoms with Crippen LogP contribution in [0.25, 0.3) is 5.65 Å². The molecule has 1 aromatic carbocycles. The van der Waals surface area contributed by atoms with Crippen molar-refractivity contribution in [1.29, 1.82) is 0 Å². The average molecular weight is 378 g/mol. The molecule has 4 rings (SSSR count). The second-order valence-corrected chi connectivity index (χ2v) is 8.02. The summed E-state index contributed by atoms with van der Waals surface area (Å²) in [5.41, 5.74) is 9.91. The minimum absolute atomic E-state index is 0.879. The average Bonchev–Trinajstić information content (AvgIpc) is 2.99. The van der Waals surface area contributed by atoms with E-state index in [4.69, 9.17) is 4.98 Å². The Morgan fingerprint density at radius 2 is 1.75 bits per heavy atom. The van der Waals surface area contributed by atoms with Crippen LogP contribution in [-0.4, -0.2) is 42.6 Å². The van der Waals surface area contributed by atoms with E-state index in [0.29, 0.717) is 0 Å². The second-order valence-electron chi connectivity index (χ2n) is 8.02. The molecule has 0 saturated carbocycles. The molecule has 28 heavy (non-hydrogen) atoms. The third kappa shape index (κ3) is 3.35. The predicted octanol–water partition coefficient (Wildman–Crippen LogP) is 3.61. The number of nitrogens with zero attached hydrogens (tertiary/aromatic N) is 4. The van der Waals surface area contributed by atoms with E-state index in [9.17, 15) is 0 Å². The van der Waals surface area contributed by atoms with Crippen LogP contribution in [0.15, 0.2) is 30.5 Å². The summed E-state index contributed by atoms with van der Waals surface area (Å²) < 4.78 is 2.27. The SMILES string of the molecule is Cc1cccc(C)c1CN(C)c1cc(N2CCNCC2)cn2c(C)c(C)nc12. The van der Waals surface area contributed by atoms with Crippen molar-refractivity contribution >= 4 is 17.0 Å². The first-order valence-corrected chi connectivity index (χ1v) is 10.2. The molecule has 5 nitrogen and oxygen atoms in total. The number of aryl methyl sites for hydroxylation is 4. The number of benzene rings is 1. The largest absolute Gasteiger partial charge is 0.368 e. The number of piperazine rings is 1. The Balaban J connectivity index is 1.79. The highest BCUT2D eigenvalue weighted by molar-refractivity contribution is 5.75. The normalized spacial score (nSPS) is 14.7. The maximum absolute atomic E-state index is 4.90. The molecule has 1 N–H and O–H groups in total. The van der Waals surface area contributed by atoms with Crippen LogP contribution in [0.1, 0.15) is 28.1 Å². The van der Waals surface area contributed by atoms with Crippen LogP contribution in [0.5, 0.6) is 0 Å². The summed E-state index contributed by atoms with van der Waals surface area (Å²) in [6.07, 6.45) is 2.26. The number of rotatable bonds is 4. The van der Waals surface area contributed by atoms with Gasteiger partial charge in [0.15, 0.2) is 5.65 Å². The van der Waals surface area contributed by atoms with E-state index in [-0.39, 0.29) is 0 Å². The van der Waals surface area contributed by atoms with Crippen LogP contribution in [0.2, 0.25) is 0 Å². The lowest BCUT2D eigenvalue weighted by molar-refractivity contribution is 0.588. The van der Waals surface area contributed by atoms with E-state index < -0.39 is 0 Å². The van der Waals surface area contributed by atoms with Crippen LogP contribution < -0.4 is 15.1 Å². The maximum atomic E-state index is 4.90. The fourth-order valence-electron chi connectivity index (χ4n) is 4.14. The Morgan fingerprint density at radius 1 is 1.07 bits per heavy atom. The Hall–Kier alpha value is -2.53. The second kappa shape index (κ2) is 7.47. The van der Waals surface area contributed by atoms with Crippen LogP contribution in [0.4, 0.5) is 11.4 Å². The topological polar surface area (TPSA) is 35.8 Å². The van der Waals surface area contributed by atoms with Crippen LogP contribution in [-0.2, 0) is 6.54 Å². The van der Waals surface area contributed by atoms with Gasteiger partial charge in [0.05, 0.1) is 17.1 Å². The van der Waals surface area contributed by atoms with Crippen LogP contribution in [0, 0.1) is 27.7 Å². The molecular weight excluding hydrogens is 346 g/mol.